The highest BCUT2D eigenvalue weighted by molar-refractivity contribution is 7.13. The molecule has 0 aliphatic heterocycles. The quantitative estimate of drug-likeness (QED) is 0.671. The summed E-state index contributed by atoms with van der Waals surface area (Å²) in [4.78, 5) is 19.5. The van der Waals surface area contributed by atoms with Gasteiger partial charge >= 0.3 is 0 Å². The van der Waals surface area contributed by atoms with Crippen molar-refractivity contribution in [3.8, 4) is 0 Å². The maximum atomic E-state index is 12.7. The summed E-state index contributed by atoms with van der Waals surface area (Å²) in [6, 6.07) is 10.1. The van der Waals surface area contributed by atoms with E-state index >= 15 is 0 Å². The zero-order chi connectivity index (χ0) is 17.4. The first-order valence-electron chi connectivity index (χ1n) is 8.26. The van der Waals surface area contributed by atoms with Gasteiger partial charge < -0.3 is 15.4 Å². The Balaban J connectivity index is 0.00000312. The summed E-state index contributed by atoms with van der Waals surface area (Å²) in [5, 5.41) is 0.830. The number of carbonyl (C=O) groups excluding carboxylic acids is 1. The molecule has 0 saturated carbocycles. The summed E-state index contributed by atoms with van der Waals surface area (Å²) in [7, 11) is 0. The van der Waals surface area contributed by atoms with E-state index in [9.17, 15) is 4.79 Å². The average Bonchev–Trinajstić information content (AvgIpc) is 3.09. The minimum absolute atomic E-state index is 0. The molecule has 0 aliphatic rings. The molecule has 0 saturated heterocycles. The van der Waals surface area contributed by atoms with Crippen LogP contribution in [0.25, 0.3) is 0 Å². The van der Waals surface area contributed by atoms with Gasteiger partial charge in [-0.05, 0) is 25.8 Å². The highest BCUT2D eigenvalue weighted by Crippen LogP contribution is 2.23. The monoisotopic (exact) mass is 419 g/mol. The molecule has 0 spiro atoms. The topological polar surface area (TPSA) is 68.5 Å². The van der Waals surface area contributed by atoms with E-state index in [0.29, 0.717) is 31.1 Å². The van der Waals surface area contributed by atoms with Gasteiger partial charge in [-0.2, -0.15) is 0 Å². The van der Waals surface area contributed by atoms with Crippen LogP contribution < -0.4 is 5.73 Å². The van der Waals surface area contributed by atoms with Crippen LogP contribution in [0.3, 0.4) is 0 Å². The Labute approximate surface area is 171 Å². The van der Waals surface area contributed by atoms with Crippen LogP contribution in [0, 0.1) is 0 Å². The number of benzene rings is 1. The van der Waals surface area contributed by atoms with E-state index in [0.717, 1.165) is 11.4 Å². The summed E-state index contributed by atoms with van der Waals surface area (Å²) < 4.78 is 5.54. The Morgan fingerprint density at radius 2 is 1.96 bits per heavy atom. The van der Waals surface area contributed by atoms with Gasteiger partial charge in [-0.3, -0.25) is 4.79 Å². The molecule has 1 amide bonds. The molecule has 2 rings (SSSR count). The zero-order valence-corrected chi connectivity index (χ0v) is 17.5. The van der Waals surface area contributed by atoms with Crippen LogP contribution in [0.15, 0.2) is 36.5 Å². The zero-order valence-electron chi connectivity index (χ0n) is 15.1. The number of carbonyl (C=O) groups is 1. The molecule has 0 fully saturated rings. The second-order valence-electron chi connectivity index (χ2n) is 5.48. The van der Waals surface area contributed by atoms with Crippen molar-refractivity contribution >= 4 is 42.1 Å². The van der Waals surface area contributed by atoms with Crippen LogP contribution in [0.1, 0.15) is 40.2 Å². The van der Waals surface area contributed by atoms with Crippen molar-refractivity contribution < 1.29 is 9.53 Å². The number of hydrogen-bond acceptors (Lipinski definition) is 5. The van der Waals surface area contributed by atoms with E-state index < -0.39 is 0 Å². The van der Waals surface area contributed by atoms with Crippen molar-refractivity contribution in [3.05, 3.63) is 52.0 Å². The standard InChI is InChI=1S/C18H25N3O2S.2ClH/c1-3-23-14(2)17-20-13-16(24-17)18(22)21(12-10-19)11-9-15-7-5-4-6-8-15;;/h4-8,13-14H,3,9-12,19H2,1-2H3;2*1H. The van der Waals surface area contributed by atoms with E-state index in [4.69, 9.17) is 10.5 Å². The predicted molar refractivity (Wildman–Crippen MR) is 112 cm³/mol. The molecule has 2 N–H and O–H groups in total. The van der Waals surface area contributed by atoms with E-state index in [-0.39, 0.29) is 36.8 Å². The maximum absolute atomic E-state index is 12.7. The van der Waals surface area contributed by atoms with Crippen LogP contribution in [0.2, 0.25) is 0 Å². The number of rotatable bonds is 9. The Hall–Kier alpha value is -1.18. The van der Waals surface area contributed by atoms with Crippen LogP contribution in [-0.2, 0) is 11.2 Å². The maximum Gasteiger partial charge on any atom is 0.265 e. The van der Waals surface area contributed by atoms with Gasteiger partial charge in [0.05, 0.1) is 6.20 Å². The summed E-state index contributed by atoms with van der Waals surface area (Å²) in [5.74, 6) is -0.0103. The molecule has 0 radical (unpaired) electrons. The van der Waals surface area contributed by atoms with Crippen molar-refractivity contribution in [1.82, 2.24) is 9.88 Å². The van der Waals surface area contributed by atoms with Gasteiger partial charge in [0, 0.05) is 26.2 Å². The smallest absolute Gasteiger partial charge is 0.265 e. The second-order valence-corrected chi connectivity index (χ2v) is 6.54. The fourth-order valence-electron chi connectivity index (χ4n) is 2.43. The molecule has 1 atom stereocenters. The Bertz CT molecular complexity index is 640. The van der Waals surface area contributed by atoms with Gasteiger partial charge in [0.2, 0.25) is 0 Å². The van der Waals surface area contributed by atoms with E-state index in [2.05, 4.69) is 17.1 Å². The first-order chi connectivity index (χ1) is 11.7. The number of halogens is 2. The number of aromatic nitrogens is 1. The fourth-order valence-corrected chi connectivity index (χ4v) is 3.32. The molecule has 1 heterocycles. The lowest BCUT2D eigenvalue weighted by atomic mass is 10.1. The van der Waals surface area contributed by atoms with E-state index in [1.165, 1.54) is 16.9 Å². The molecule has 26 heavy (non-hydrogen) atoms. The molecule has 146 valence electrons. The average molecular weight is 420 g/mol. The SMILES string of the molecule is CCOC(C)c1ncc(C(=O)N(CCN)CCc2ccccc2)s1.Cl.Cl. The first kappa shape index (κ1) is 24.8. The summed E-state index contributed by atoms with van der Waals surface area (Å²) in [6.45, 7) is 6.16. The first-order valence-corrected chi connectivity index (χ1v) is 9.08. The Morgan fingerprint density at radius 3 is 2.58 bits per heavy atom. The molecular weight excluding hydrogens is 393 g/mol. The number of hydrogen-bond donors (Lipinski definition) is 1. The second kappa shape index (κ2) is 13.1. The van der Waals surface area contributed by atoms with Gasteiger partial charge in [-0.15, -0.1) is 36.2 Å². The Morgan fingerprint density at radius 1 is 1.27 bits per heavy atom. The van der Waals surface area contributed by atoms with Gasteiger partial charge in [0.25, 0.3) is 5.91 Å². The predicted octanol–water partition coefficient (Wildman–Crippen LogP) is 3.73. The van der Waals surface area contributed by atoms with Crippen LogP contribution in [0.5, 0.6) is 0 Å². The van der Waals surface area contributed by atoms with Gasteiger partial charge in [-0.25, -0.2) is 4.98 Å². The van der Waals surface area contributed by atoms with Crippen molar-refractivity contribution in [2.75, 3.05) is 26.2 Å². The lowest BCUT2D eigenvalue weighted by molar-refractivity contribution is 0.0761. The van der Waals surface area contributed by atoms with Crippen molar-refractivity contribution in [2.45, 2.75) is 26.4 Å². The molecule has 5 nitrogen and oxygen atoms in total. The van der Waals surface area contributed by atoms with E-state index in [1.807, 2.05) is 32.0 Å². The number of amides is 1. The molecule has 1 unspecified atom stereocenters. The minimum Gasteiger partial charge on any atom is -0.372 e. The summed E-state index contributed by atoms with van der Waals surface area (Å²) >= 11 is 1.40. The van der Waals surface area contributed by atoms with Gasteiger partial charge in [0.15, 0.2) is 0 Å². The fraction of sp³-hybridized carbons (Fsp3) is 0.444. The molecule has 0 aliphatic carbocycles. The minimum atomic E-state index is -0.0890. The summed E-state index contributed by atoms with van der Waals surface area (Å²) in [6.07, 6.45) is 2.37. The largest absolute Gasteiger partial charge is 0.372 e. The lowest BCUT2D eigenvalue weighted by Crippen LogP contribution is -2.36. The molecule has 1 aromatic heterocycles. The lowest BCUT2D eigenvalue weighted by Gasteiger charge is -2.21. The van der Waals surface area contributed by atoms with Crippen molar-refractivity contribution in [3.63, 3.8) is 0 Å². The van der Waals surface area contributed by atoms with Gasteiger partial charge in [0.1, 0.15) is 16.0 Å². The van der Waals surface area contributed by atoms with Crippen molar-refractivity contribution in [1.29, 1.82) is 0 Å². The normalized spacial score (nSPS) is 11.2. The third-order valence-corrected chi connectivity index (χ3v) is 4.84. The third kappa shape index (κ3) is 7.21. The number of nitrogens with zero attached hydrogens (tertiary/aromatic N) is 2. The van der Waals surface area contributed by atoms with E-state index in [1.54, 1.807) is 11.1 Å². The van der Waals surface area contributed by atoms with Gasteiger partial charge in [-0.1, -0.05) is 30.3 Å². The summed E-state index contributed by atoms with van der Waals surface area (Å²) in [5.41, 5.74) is 6.89. The third-order valence-electron chi connectivity index (χ3n) is 3.70. The number of nitrogens with two attached hydrogens (primary N) is 1. The molecule has 0 bridgehead atoms. The van der Waals surface area contributed by atoms with Crippen LogP contribution in [0.4, 0.5) is 0 Å². The number of ether oxygens (including phenoxy) is 1. The van der Waals surface area contributed by atoms with Crippen LogP contribution >= 0.6 is 36.2 Å². The highest BCUT2D eigenvalue weighted by atomic mass is 35.5. The van der Waals surface area contributed by atoms with Crippen molar-refractivity contribution in [2.24, 2.45) is 5.73 Å². The highest BCUT2D eigenvalue weighted by Gasteiger charge is 2.19. The molecule has 8 heteroatoms. The molecule has 1 aromatic carbocycles. The number of thiazole rings is 1. The van der Waals surface area contributed by atoms with Crippen LogP contribution in [-0.4, -0.2) is 42.0 Å². The molecular formula is C18H27Cl2N3O2S. The Kier molecular flexibility index (Phi) is 12.5. The molecule has 2 aromatic rings.